The van der Waals surface area contributed by atoms with E-state index in [1.54, 1.807) is 6.07 Å². The lowest BCUT2D eigenvalue weighted by molar-refractivity contribution is 0.520. The molecule has 0 radical (unpaired) electrons. The summed E-state index contributed by atoms with van der Waals surface area (Å²) < 4.78 is 47.2. The molecule has 0 aliphatic heterocycles. The molecule has 18 heavy (non-hydrogen) atoms. The van der Waals surface area contributed by atoms with Gasteiger partial charge >= 0.3 is 0 Å². The van der Waals surface area contributed by atoms with Gasteiger partial charge in [-0.3, -0.25) is 0 Å². The highest BCUT2D eigenvalue weighted by Crippen LogP contribution is 2.43. The summed E-state index contributed by atoms with van der Waals surface area (Å²) in [7, 11) is -5.73. The Kier molecular flexibility index (Phi) is 4.65. The van der Waals surface area contributed by atoms with Gasteiger partial charge in [-0.05, 0) is 44.0 Å². The highest BCUT2D eigenvalue weighted by atomic mass is 79.9. The minimum Gasteiger partial charge on any atom is -0.220 e. The fraction of sp³-hybridized carbons (Fsp3) is 0.333. The Morgan fingerprint density at radius 3 is 1.83 bits per heavy atom. The van der Waals surface area contributed by atoms with Gasteiger partial charge in [0.2, 0.25) is 9.84 Å². The van der Waals surface area contributed by atoms with Gasteiger partial charge < -0.3 is 0 Å². The molecule has 0 saturated heterocycles. The molecule has 0 aliphatic carbocycles. The molecular weight excluding hydrogens is 410 g/mol. The Morgan fingerprint density at radius 1 is 1.00 bits per heavy atom. The third-order valence-corrected chi connectivity index (χ3v) is 11.5. The molecule has 0 atom stereocenters. The van der Waals surface area contributed by atoms with E-state index in [-0.39, 0.29) is 4.90 Å². The van der Waals surface area contributed by atoms with E-state index >= 15 is 0 Å². The summed E-state index contributed by atoms with van der Waals surface area (Å²) in [5.74, 6) is 0. The lowest BCUT2D eigenvalue weighted by atomic mass is 10.4. The third-order valence-electron chi connectivity index (χ3n) is 2.15. The molecule has 0 bridgehead atoms. The molecule has 0 fully saturated rings. The van der Waals surface area contributed by atoms with Crippen molar-refractivity contribution in [1.82, 2.24) is 4.31 Å². The molecule has 0 spiro atoms. The number of sulfone groups is 1. The second-order valence-electron chi connectivity index (χ2n) is 3.57. The van der Waals surface area contributed by atoms with Gasteiger partial charge in [0.1, 0.15) is 0 Å². The number of hydrogen-bond acceptors (Lipinski definition) is 4. The minimum atomic E-state index is -4.14. The number of nitrogens with zero attached hydrogens (tertiary/aromatic N) is 1. The van der Waals surface area contributed by atoms with Crippen molar-refractivity contribution >= 4 is 51.7 Å². The predicted molar refractivity (Wildman–Crippen MR) is 76.8 cm³/mol. The maximum Gasteiger partial charge on any atom is 0.298 e. The van der Waals surface area contributed by atoms with E-state index in [4.69, 9.17) is 0 Å². The molecule has 1 aromatic rings. The van der Waals surface area contributed by atoms with Crippen LogP contribution in [0.5, 0.6) is 0 Å². The first-order valence-electron chi connectivity index (χ1n) is 4.64. The molecule has 0 heterocycles. The Labute approximate surface area is 123 Å². The van der Waals surface area contributed by atoms with Crippen LogP contribution in [-0.4, -0.2) is 37.1 Å². The molecule has 0 N–H and O–H groups in total. The molecule has 9 heteroatoms. The van der Waals surface area contributed by atoms with E-state index in [2.05, 4.69) is 31.9 Å². The largest absolute Gasteiger partial charge is 0.298 e. The smallest absolute Gasteiger partial charge is 0.220 e. The number of sulfonamides is 1. The Morgan fingerprint density at radius 2 is 1.44 bits per heavy atom. The number of hydrogen-bond donors (Lipinski definition) is 0. The molecule has 0 amide bonds. The van der Waals surface area contributed by atoms with Crippen molar-refractivity contribution in [3.8, 4) is 0 Å². The van der Waals surface area contributed by atoms with Crippen LogP contribution in [0.4, 0.5) is 0 Å². The second-order valence-corrected chi connectivity index (χ2v) is 13.8. The van der Waals surface area contributed by atoms with Crippen molar-refractivity contribution in [2.45, 2.75) is 6.79 Å². The Bertz CT molecular complexity index is 624. The Hall–Kier alpha value is 0.0400. The zero-order valence-electron chi connectivity index (χ0n) is 9.54. The molecule has 5 nitrogen and oxygen atoms in total. The van der Waals surface area contributed by atoms with Gasteiger partial charge in [-0.1, -0.05) is 18.2 Å². The van der Waals surface area contributed by atoms with E-state index in [0.717, 1.165) is 4.31 Å². The van der Waals surface area contributed by atoms with Gasteiger partial charge in [0, 0.05) is 14.1 Å². The molecule has 1 aromatic carbocycles. The summed E-state index contributed by atoms with van der Waals surface area (Å²) in [5.41, 5.74) is 0. The lowest BCUT2D eigenvalue weighted by Crippen LogP contribution is -2.42. The first-order valence-corrected chi connectivity index (χ1v) is 9.15. The molecule has 0 aliphatic rings. The van der Waals surface area contributed by atoms with Crippen molar-refractivity contribution < 1.29 is 16.8 Å². The SMILES string of the molecule is CN(C)S(=O)(=O)C(Br)(Br)S(=O)(=O)c1ccccc1. The van der Waals surface area contributed by atoms with Crippen molar-refractivity contribution in [2.75, 3.05) is 14.1 Å². The summed E-state index contributed by atoms with van der Waals surface area (Å²) in [6, 6.07) is 7.34. The van der Waals surface area contributed by atoms with E-state index in [1.165, 1.54) is 38.4 Å². The van der Waals surface area contributed by atoms with Crippen LogP contribution in [0.15, 0.2) is 35.2 Å². The van der Waals surface area contributed by atoms with Crippen LogP contribution < -0.4 is 0 Å². The third kappa shape index (κ3) is 2.51. The first-order chi connectivity index (χ1) is 8.05. The quantitative estimate of drug-likeness (QED) is 0.695. The topological polar surface area (TPSA) is 71.5 Å². The standard InChI is InChI=1S/C9H11Br2NO4S2/c1-12(2)18(15,16)9(10,11)17(13,14)8-6-4-3-5-7-8/h3-7H,1-2H3. The number of halogens is 2. The predicted octanol–water partition coefficient (Wildman–Crippen LogP) is 1.75. The fourth-order valence-corrected chi connectivity index (χ4v) is 7.01. The zero-order chi connectivity index (χ0) is 14.2. The summed E-state index contributed by atoms with van der Waals surface area (Å²) >= 11 is 5.52. The van der Waals surface area contributed by atoms with E-state index < -0.39 is 21.8 Å². The van der Waals surface area contributed by atoms with Gasteiger partial charge in [0.15, 0.2) is 0 Å². The minimum absolute atomic E-state index is 0.0934. The summed E-state index contributed by atoms with van der Waals surface area (Å²) in [6.45, 7) is 0. The average Bonchev–Trinajstić information content (AvgIpc) is 2.29. The maximum atomic E-state index is 12.3. The first kappa shape index (κ1) is 16.1. The highest BCUT2D eigenvalue weighted by Gasteiger charge is 2.53. The molecule has 1 rings (SSSR count). The van der Waals surface area contributed by atoms with Gasteiger partial charge in [0.25, 0.3) is 11.9 Å². The highest BCUT2D eigenvalue weighted by molar-refractivity contribution is 9.30. The zero-order valence-corrected chi connectivity index (χ0v) is 14.3. The van der Waals surface area contributed by atoms with Crippen LogP contribution in [0.25, 0.3) is 0 Å². The van der Waals surface area contributed by atoms with Crippen LogP contribution in [0.2, 0.25) is 0 Å². The summed E-state index contributed by atoms with van der Waals surface area (Å²) in [5, 5.41) is 0. The number of rotatable bonds is 4. The van der Waals surface area contributed by atoms with Gasteiger partial charge in [0.05, 0.1) is 4.90 Å². The van der Waals surface area contributed by atoms with Gasteiger partial charge in [-0.15, -0.1) is 0 Å². The van der Waals surface area contributed by atoms with Crippen LogP contribution in [0.1, 0.15) is 0 Å². The van der Waals surface area contributed by atoms with Gasteiger partial charge in [-0.25, -0.2) is 21.1 Å². The maximum absolute atomic E-state index is 12.3. The Balaban J connectivity index is 3.47. The number of benzene rings is 1. The van der Waals surface area contributed by atoms with Crippen LogP contribution in [-0.2, 0) is 19.9 Å². The van der Waals surface area contributed by atoms with E-state index in [9.17, 15) is 16.8 Å². The number of alkyl halides is 2. The average molecular weight is 421 g/mol. The van der Waals surface area contributed by atoms with Gasteiger partial charge in [-0.2, -0.15) is 0 Å². The molecular formula is C9H11Br2NO4S2. The monoisotopic (exact) mass is 419 g/mol. The fourth-order valence-electron chi connectivity index (χ4n) is 1.09. The second kappa shape index (κ2) is 5.20. The summed E-state index contributed by atoms with van der Waals surface area (Å²) in [6.07, 6.45) is 0. The van der Waals surface area contributed by atoms with E-state index in [0.29, 0.717) is 0 Å². The molecule has 0 aromatic heterocycles. The summed E-state index contributed by atoms with van der Waals surface area (Å²) in [4.78, 5) is -0.0934. The molecule has 0 unspecified atom stereocenters. The normalized spacial score (nSPS) is 13.8. The van der Waals surface area contributed by atoms with Crippen LogP contribution >= 0.6 is 31.9 Å². The van der Waals surface area contributed by atoms with Crippen molar-refractivity contribution in [3.63, 3.8) is 0 Å². The lowest BCUT2D eigenvalue weighted by Gasteiger charge is -2.24. The van der Waals surface area contributed by atoms with E-state index in [1.807, 2.05) is 0 Å². The van der Waals surface area contributed by atoms with Crippen molar-refractivity contribution in [3.05, 3.63) is 30.3 Å². The van der Waals surface area contributed by atoms with Crippen molar-refractivity contribution in [1.29, 1.82) is 0 Å². The molecule has 102 valence electrons. The van der Waals surface area contributed by atoms with Crippen molar-refractivity contribution in [2.24, 2.45) is 0 Å². The van der Waals surface area contributed by atoms with Crippen LogP contribution in [0, 0.1) is 0 Å². The van der Waals surface area contributed by atoms with Crippen LogP contribution in [0.3, 0.4) is 0 Å². The molecule has 0 saturated carbocycles.